The van der Waals surface area contributed by atoms with E-state index in [0.29, 0.717) is 12.5 Å². The minimum Gasteiger partial charge on any atom is -0.467 e. The normalized spacial score (nSPS) is 17.8. The summed E-state index contributed by atoms with van der Waals surface area (Å²) in [4.78, 5) is 2.48. The number of aryl methyl sites for hydroxylation is 1. The molecule has 1 fully saturated rings. The third-order valence-electron chi connectivity index (χ3n) is 5.04. The molecule has 0 radical (unpaired) electrons. The Balaban J connectivity index is 1.66. The van der Waals surface area contributed by atoms with Crippen molar-refractivity contribution in [3.63, 3.8) is 0 Å². The Morgan fingerprint density at radius 1 is 1.25 bits per heavy atom. The van der Waals surface area contributed by atoms with Crippen LogP contribution in [0.1, 0.15) is 42.7 Å². The van der Waals surface area contributed by atoms with Crippen molar-refractivity contribution in [2.24, 2.45) is 5.92 Å². The second kappa shape index (κ2) is 7.86. The zero-order valence-electron chi connectivity index (χ0n) is 14.7. The minimum atomic E-state index is 0.140. The van der Waals surface area contributed by atoms with Crippen molar-refractivity contribution < 1.29 is 9.52 Å². The van der Waals surface area contributed by atoms with Crippen LogP contribution in [0.5, 0.6) is 0 Å². The summed E-state index contributed by atoms with van der Waals surface area (Å²) in [6.07, 6.45) is 3.93. The first-order valence-electron chi connectivity index (χ1n) is 8.89. The van der Waals surface area contributed by atoms with Crippen LogP contribution in [0.2, 0.25) is 0 Å². The molecular formula is C20H28N2O2. The highest BCUT2D eigenvalue weighted by Gasteiger charge is 2.20. The Morgan fingerprint density at radius 2 is 2.00 bits per heavy atom. The molecule has 2 N–H and O–H groups in total. The lowest BCUT2D eigenvalue weighted by atomic mass is 9.97. The van der Waals surface area contributed by atoms with E-state index in [2.05, 4.69) is 48.3 Å². The lowest BCUT2D eigenvalue weighted by Crippen LogP contribution is -2.34. The molecule has 1 aliphatic rings. The lowest BCUT2D eigenvalue weighted by Gasteiger charge is -2.31. The summed E-state index contributed by atoms with van der Waals surface area (Å²) in [7, 11) is 0. The molecule has 2 aromatic rings. The number of anilines is 1. The van der Waals surface area contributed by atoms with E-state index in [-0.39, 0.29) is 6.04 Å². The van der Waals surface area contributed by atoms with Gasteiger partial charge in [-0.1, -0.05) is 18.2 Å². The second-order valence-electron chi connectivity index (χ2n) is 6.89. The molecule has 0 aliphatic carbocycles. The third-order valence-corrected chi connectivity index (χ3v) is 5.04. The van der Waals surface area contributed by atoms with Gasteiger partial charge in [-0.15, -0.1) is 0 Å². The van der Waals surface area contributed by atoms with Gasteiger partial charge in [-0.25, -0.2) is 0 Å². The number of para-hydroxylation sites is 1. The van der Waals surface area contributed by atoms with Crippen LogP contribution < -0.4 is 5.32 Å². The second-order valence-corrected chi connectivity index (χ2v) is 6.89. The predicted octanol–water partition coefficient (Wildman–Crippen LogP) is 3.97. The Morgan fingerprint density at radius 3 is 2.67 bits per heavy atom. The number of nitrogens with zero attached hydrogens (tertiary/aromatic N) is 1. The molecule has 130 valence electrons. The lowest BCUT2D eigenvalue weighted by molar-refractivity contribution is 0.127. The SMILES string of the molecule is Cc1ccoc1C(C)Nc1ccccc1CN1CCC(CO)CC1. The van der Waals surface area contributed by atoms with E-state index in [1.54, 1.807) is 6.26 Å². The highest BCUT2D eigenvalue weighted by Crippen LogP contribution is 2.27. The Bertz CT molecular complexity index is 645. The predicted molar refractivity (Wildman–Crippen MR) is 97.0 cm³/mol. The van der Waals surface area contributed by atoms with Crippen molar-refractivity contribution in [3.8, 4) is 0 Å². The summed E-state index contributed by atoms with van der Waals surface area (Å²) in [6.45, 7) is 7.61. The fourth-order valence-electron chi connectivity index (χ4n) is 3.49. The first-order valence-corrected chi connectivity index (χ1v) is 8.89. The Hall–Kier alpha value is -1.78. The standard InChI is InChI=1S/C20H28N2O2/c1-15-9-12-24-20(15)16(2)21-19-6-4-3-5-18(19)13-22-10-7-17(14-23)8-11-22/h3-6,9,12,16-17,21,23H,7-8,10-11,13-14H2,1-2H3. The number of hydrogen-bond acceptors (Lipinski definition) is 4. The van der Waals surface area contributed by atoms with Crippen molar-refractivity contribution in [1.29, 1.82) is 0 Å². The number of rotatable bonds is 6. The van der Waals surface area contributed by atoms with E-state index in [1.807, 2.05) is 6.07 Å². The smallest absolute Gasteiger partial charge is 0.128 e. The van der Waals surface area contributed by atoms with Crippen LogP contribution in [0.4, 0.5) is 5.69 Å². The summed E-state index contributed by atoms with van der Waals surface area (Å²) >= 11 is 0. The largest absolute Gasteiger partial charge is 0.467 e. The molecule has 0 saturated carbocycles. The molecule has 1 saturated heterocycles. The van der Waals surface area contributed by atoms with Gasteiger partial charge in [0.25, 0.3) is 0 Å². The van der Waals surface area contributed by atoms with E-state index in [9.17, 15) is 5.11 Å². The zero-order chi connectivity index (χ0) is 16.9. The number of aliphatic hydroxyl groups excluding tert-OH is 1. The molecule has 0 spiro atoms. The molecular weight excluding hydrogens is 300 g/mol. The van der Waals surface area contributed by atoms with Gasteiger partial charge in [-0.2, -0.15) is 0 Å². The Labute approximate surface area is 144 Å². The van der Waals surface area contributed by atoms with Crippen molar-refractivity contribution in [2.45, 2.75) is 39.3 Å². The van der Waals surface area contributed by atoms with E-state index >= 15 is 0 Å². The monoisotopic (exact) mass is 328 g/mol. The number of likely N-dealkylation sites (tertiary alicyclic amines) is 1. The number of hydrogen-bond donors (Lipinski definition) is 2. The van der Waals surface area contributed by atoms with Crippen LogP contribution in [-0.4, -0.2) is 29.7 Å². The van der Waals surface area contributed by atoms with Gasteiger partial charge in [0.1, 0.15) is 5.76 Å². The molecule has 0 bridgehead atoms. The van der Waals surface area contributed by atoms with E-state index < -0.39 is 0 Å². The van der Waals surface area contributed by atoms with Crippen molar-refractivity contribution in [2.75, 3.05) is 25.0 Å². The average molecular weight is 328 g/mol. The average Bonchev–Trinajstić information content (AvgIpc) is 3.03. The molecule has 1 aromatic heterocycles. The summed E-state index contributed by atoms with van der Waals surface area (Å²) < 4.78 is 5.62. The third kappa shape index (κ3) is 4.00. The maximum Gasteiger partial charge on any atom is 0.128 e. The van der Waals surface area contributed by atoms with Gasteiger partial charge in [0.15, 0.2) is 0 Å². The van der Waals surface area contributed by atoms with Crippen LogP contribution in [0.15, 0.2) is 41.0 Å². The number of piperidine rings is 1. The molecule has 3 rings (SSSR count). The van der Waals surface area contributed by atoms with Crippen LogP contribution in [0.3, 0.4) is 0 Å². The maximum absolute atomic E-state index is 9.29. The fourth-order valence-corrected chi connectivity index (χ4v) is 3.49. The number of benzene rings is 1. The molecule has 0 amide bonds. The highest BCUT2D eigenvalue weighted by molar-refractivity contribution is 5.52. The van der Waals surface area contributed by atoms with Crippen molar-refractivity contribution in [1.82, 2.24) is 4.90 Å². The first-order chi connectivity index (χ1) is 11.7. The molecule has 2 heterocycles. The van der Waals surface area contributed by atoms with Gasteiger partial charge in [0.05, 0.1) is 12.3 Å². The van der Waals surface area contributed by atoms with Gasteiger partial charge >= 0.3 is 0 Å². The first kappa shape index (κ1) is 17.1. The quantitative estimate of drug-likeness (QED) is 0.842. The minimum absolute atomic E-state index is 0.140. The van der Waals surface area contributed by atoms with E-state index in [1.165, 1.54) is 16.8 Å². The summed E-state index contributed by atoms with van der Waals surface area (Å²) in [6, 6.07) is 10.7. The van der Waals surface area contributed by atoms with Gasteiger partial charge < -0.3 is 14.8 Å². The Kier molecular flexibility index (Phi) is 5.59. The van der Waals surface area contributed by atoms with E-state index in [0.717, 1.165) is 38.2 Å². The molecule has 24 heavy (non-hydrogen) atoms. The highest BCUT2D eigenvalue weighted by atomic mass is 16.3. The van der Waals surface area contributed by atoms with Crippen LogP contribution >= 0.6 is 0 Å². The molecule has 1 atom stereocenters. The summed E-state index contributed by atoms with van der Waals surface area (Å²) in [5.41, 5.74) is 3.67. The summed E-state index contributed by atoms with van der Waals surface area (Å²) in [5.74, 6) is 1.48. The molecule has 1 aromatic carbocycles. The van der Waals surface area contributed by atoms with Gasteiger partial charge in [-0.05, 0) is 69.0 Å². The van der Waals surface area contributed by atoms with Crippen molar-refractivity contribution >= 4 is 5.69 Å². The zero-order valence-corrected chi connectivity index (χ0v) is 14.7. The van der Waals surface area contributed by atoms with Gasteiger partial charge in [-0.3, -0.25) is 4.90 Å². The topological polar surface area (TPSA) is 48.6 Å². The number of furan rings is 1. The fraction of sp³-hybridized carbons (Fsp3) is 0.500. The number of aliphatic hydroxyl groups is 1. The molecule has 4 nitrogen and oxygen atoms in total. The van der Waals surface area contributed by atoms with E-state index in [4.69, 9.17) is 4.42 Å². The van der Waals surface area contributed by atoms with Crippen molar-refractivity contribution in [3.05, 3.63) is 53.5 Å². The van der Waals surface area contributed by atoms with Crippen LogP contribution in [-0.2, 0) is 6.54 Å². The van der Waals surface area contributed by atoms with Crippen LogP contribution in [0, 0.1) is 12.8 Å². The van der Waals surface area contributed by atoms with Gasteiger partial charge in [0, 0.05) is 18.8 Å². The maximum atomic E-state index is 9.29. The molecule has 1 aliphatic heterocycles. The number of nitrogens with one attached hydrogen (secondary N) is 1. The van der Waals surface area contributed by atoms with Gasteiger partial charge in [0.2, 0.25) is 0 Å². The molecule has 4 heteroatoms. The summed E-state index contributed by atoms with van der Waals surface area (Å²) in [5, 5.41) is 12.9. The molecule has 1 unspecified atom stereocenters. The van der Waals surface area contributed by atoms with Crippen LogP contribution in [0.25, 0.3) is 0 Å².